The fraction of sp³-hybridized carbons (Fsp3) is 0.0833. The predicted molar refractivity (Wildman–Crippen MR) is 61.1 cm³/mol. The molecule has 1 nitrogen and oxygen atoms in total. The lowest BCUT2D eigenvalue weighted by atomic mass is 10.1. The molecule has 0 unspecified atom stereocenters. The van der Waals surface area contributed by atoms with Crippen LogP contribution in [0, 0.1) is 0 Å². The number of halogens is 4. The third-order valence-electron chi connectivity index (χ3n) is 2.35. The zero-order valence-electron chi connectivity index (χ0n) is 8.38. The molecule has 0 aromatic carbocycles. The lowest BCUT2D eigenvalue weighted by Gasteiger charge is -2.05. The van der Waals surface area contributed by atoms with Gasteiger partial charge in [-0.3, -0.25) is 4.79 Å². The van der Waals surface area contributed by atoms with Crippen LogP contribution in [0.5, 0.6) is 0 Å². The quantitative estimate of drug-likeness (QED) is 0.718. The van der Waals surface area contributed by atoms with E-state index in [1.165, 1.54) is 12.1 Å². The average molecular weight is 303 g/mol. The fourth-order valence-electron chi connectivity index (χ4n) is 1.62. The number of alkyl halides is 3. The Kier molecular flexibility index (Phi) is 2.95. The van der Waals surface area contributed by atoms with Gasteiger partial charge in [0, 0.05) is 10.0 Å². The maximum absolute atomic E-state index is 12.4. The molecule has 0 fully saturated rings. The molecule has 2 aliphatic carbocycles. The molecule has 0 bridgehead atoms. The lowest BCUT2D eigenvalue weighted by molar-refractivity contribution is -0.0885. The topological polar surface area (TPSA) is 17.1 Å². The normalized spacial score (nSPS) is 11.8. The van der Waals surface area contributed by atoms with Gasteiger partial charge in [0.25, 0.3) is 5.78 Å². The first-order valence-electron chi connectivity index (χ1n) is 4.70. The smallest absolute Gasteiger partial charge is 0.284 e. The summed E-state index contributed by atoms with van der Waals surface area (Å²) >= 11 is 3.00. The second-order valence-electron chi connectivity index (χ2n) is 3.47. The minimum absolute atomic E-state index is 0.168. The maximum Gasteiger partial charge on any atom is 0.454 e. The molecule has 0 aliphatic heterocycles. The van der Waals surface area contributed by atoms with Crippen LogP contribution in [-0.4, -0.2) is 12.0 Å². The third-order valence-corrected chi connectivity index (χ3v) is 2.97. The van der Waals surface area contributed by atoms with Gasteiger partial charge in [-0.15, -0.1) is 0 Å². The molecular weight excluding hydrogens is 297 g/mol. The van der Waals surface area contributed by atoms with Crippen molar-refractivity contribution < 1.29 is 18.0 Å². The predicted octanol–water partition coefficient (Wildman–Crippen LogP) is 4.30. The fourth-order valence-corrected chi connectivity index (χ4v) is 2.26. The number of fused-ring (bicyclic) bond motifs is 1. The first-order chi connectivity index (χ1) is 7.91. The largest absolute Gasteiger partial charge is 0.454 e. The summed E-state index contributed by atoms with van der Waals surface area (Å²) in [7, 11) is 0. The number of hydrogen-bond donors (Lipinski definition) is 0. The van der Waals surface area contributed by atoms with E-state index < -0.39 is 12.0 Å². The average Bonchev–Trinajstić information content (AvgIpc) is 2.40. The van der Waals surface area contributed by atoms with Gasteiger partial charge in [0.2, 0.25) is 0 Å². The number of carbonyl (C=O) groups excluding carboxylic acids is 1. The summed E-state index contributed by atoms with van der Waals surface area (Å²) in [6.07, 6.45) is -4.86. The first kappa shape index (κ1) is 12.1. The van der Waals surface area contributed by atoms with E-state index in [1.54, 1.807) is 24.3 Å². The van der Waals surface area contributed by atoms with Crippen LogP contribution in [0.4, 0.5) is 13.2 Å². The molecule has 17 heavy (non-hydrogen) atoms. The Hall–Kier alpha value is -1.36. The van der Waals surface area contributed by atoms with Gasteiger partial charge in [-0.25, -0.2) is 0 Å². The van der Waals surface area contributed by atoms with Crippen molar-refractivity contribution >= 4 is 21.7 Å². The molecule has 0 saturated heterocycles. The molecule has 5 heteroatoms. The highest BCUT2D eigenvalue weighted by atomic mass is 79.9. The molecule has 0 heterocycles. The summed E-state index contributed by atoms with van der Waals surface area (Å²) in [5.74, 6) is -1.83. The van der Waals surface area contributed by atoms with Gasteiger partial charge in [-0.2, -0.15) is 13.2 Å². The summed E-state index contributed by atoms with van der Waals surface area (Å²) < 4.78 is 37.5. The van der Waals surface area contributed by atoms with E-state index in [-0.39, 0.29) is 10.0 Å². The van der Waals surface area contributed by atoms with Crippen LogP contribution >= 0.6 is 15.9 Å². The van der Waals surface area contributed by atoms with Crippen LogP contribution < -0.4 is 0 Å². The van der Waals surface area contributed by atoms with Crippen LogP contribution in [0.2, 0.25) is 0 Å². The number of ketones is 1. The van der Waals surface area contributed by atoms with Crippen LogP contribution in [0.15, 0.2) is 40.9 Å². The lowest BCUT2D eigenvalue weighted by Crippen LogP contribution is -2.23. The monoisotopic (exact) mass is 302 g/mol. The zero-order valence-corrected chi connectivity index (χ0v) is 9.97. The molecule has 2 rings (SSSR count). The molecule has 0 aromatic heterocycles. The Bertz CT molecular complexity index is 548. The molecule has 0 amide bonds. The van der Waals surface area contributed by atoms with Crippen molar-refractivity contribution in [3.8, 4) is 11.1 Å². The van der Waals surface area contributed by atoms with Crippen molar-refractivity contribution in [2.45, 2.75) is 6.18 Å². The Morgan fingerprint density at radius 1 is 1.12 bits per heavy atom. The van der Waals surface area contributed by atoms with Gasteiger partial charge >= 0.3 is 6.18 Å². The van der Waals surface area contributed by atoms with E-state index in [9.17, 15) is 18.0 Å². The molecule has 0 N–H and O–H groups in total. The molecule has 0 radical (unpaired) electrons. The summed E-state index contributed by atoms with van der Waals surface area (Å²) in [6, 6.07) is 9.66. The van der Waals surface area contributed by atoms with Crippen LogP contribution in [0.3, 0.4) is 0 Å². The van der Waals surface area contributed by atoms with Crippen molar-refractivity contribution in [1.29, 1.82) is 0 Å². The number of hydrogen-bond acceptors (Lipinski definition) is 1. The number of carbonyl (C=O) groups is 1. The van der Waals surface area contributed by atoms with Gasteiger partial charge < -0.3 is 0 Å². The minimum Gasteiger partial charge on any atom is -0.284 e. The van der Waals surface area contributed by atoms with Gasteiger partial charge in [0.05, 0.1) is 0 Å². The van der Waals surface area contributed by atoms with Gasteiger partial charge in [0.1, 0.15) is 0 Å². The van der Waals surface area contributed by atoms with Crippen molar-refractivity contribution in [2.24, 2.45) is 0 Å². The van der Waals surface area contributed by atoms with Crippen molar-refractivity contribution in [3.63, 3.8) is 0 Å². The Balaban J connectivity index is 2.66. The van der Waals surface area contributed by atoms with E-state index in [0.717, 1.165) is 0 Å². The summed E-state index contributed by atoms with van der Waals surface area (Å²) in [5, 5.41) is 0. The zero-order chi connectivity index (χ0) is 12.6. The SMILES string of the molecule is O=C(c1c(Br)cc2cccccc1-2)C(F)(F)F. The molecule has 0 atom stereocenters. The Morgan fingerprint density at radius 2 is 1.76 bits per heavy atom. The Labute approximate surface area is 104 Å². The summed E-state index contributed by atoms with van der Waals surface area (Å²) in [4.78, 5) is 11.3. The van der Waals surface area contributed by atoms with Gasteiger partial charge in [0.15, 0.2) is 0 Å². The standard InChI is InChI=1S/C12H6BrF3O/c13-9-6-7-4-2-1-3-5-8(7)10(9)11(17)12(14,15)16/h1-6H. The van der Waals surface area contributed by atoms with Gasteiger partial charge in [-0.05, 0) is 33.1 Å². The van der Waals surface area contributed by atoms with Crippen LogP contribution in [0.1, 0.15) is 10.4 Å². The number of Topliss-reactive ketones (excluding diaryl/α,β-unsaturated/α-hetero) is 1. The molecule has 0 aromatic rings. The molecule has 0 saturated carbocycles. The van der Waals surface area contributed by atoms with E-state index in [1.807, 2.05) is 0 Å². The van der Waals surface area contributed by atoms with Crippen molar-refractivity contribution in [2.75, 3.05) is 0 Å². The van der Waals surface area contributed by atoms with E-state index >= 15 is 0 Å². The Morgan fingerprint density at radius 3 is 2.41 bits per heavy atom. The molecule has 88 valence electrons. The highest BCUT2D eigenvalue weighted by molar-refractivity contribution is 9.10. The van der Waals surface area contributed by atoms with E-state index in [2.05, 4.69) is 15.9 Å². The van der Waals surface area contributed by atoms with Crippen molar-refractivity contribution in [1.82, 2.24) is 0 Å². The molecule has 0 spiro atoms. The van der Waals surface area contributed by atoms with Crippen LogP contribution in [0.25, 0.3) is 11.1 Å². The number of rotatable bonds is 1. The summed E-state index contributed by atoms with van der Waals surface area (Å²) in [5.41, 5.74) is 0.558. The second-order valence-corrected chi connectivity index (χ2v) is 4.33. The minimum atomic E-state index is -4.86. The molecule has 2 aliphatic rings. The first-order valence-corrected chi connectivity index (χ1v) is 5.49. The maximum atomic E-state index is 12.4. The highest BCUT2D eigenvalue weighted by Crippen LogP contribution is 2.38. The van der Waals surface area contributed by atoms with E-state index in [4.69, 9.17) is 0 Å². The third kappa shape index (κ3) is 2.20. The van der Waals surface area contributed by atoms with E-state index in [0.29, 0.717) is 11.1 Å². The summed E-state index contributed by atoms with van der Waals surface area (Å²) in [6.45, 7) is 0. The van der Waals surface area contributed by atoms with Crippen molar-refractivity contribution in [3.05, 3.63) is 46.4 Å². The van der Waals surface area contributed by atoms with Crippen LogP contribution in [-0.2, 0) is 0 Å². The molecular formula is C12H6BrF3O. The highest BCUT2D eigenvalue weighted by Gasteiger charge is 2.42. The van der Waals surface area contributed by atoms with Gasteiger partial charge in [-0.1, -0.05) is 30.3 Å². The second kappa shape index (κ2) is 4.14.